The summed E-state index contributed by atoms with van der Waals surface area (Å²) < 4.78 is 10.9. The van der Waals surface area contributed by atoms with Gasteiger partial charge in [-0.15, -0.1) is 0 Å². The van der Waals surface area contributed by atoms with Crippen LogP contribution in [0.4, 0.5) is 0 Å². The molecule has 2 aliphatic heterocycles. The molecular formula is C15H22NO4S+. The second-order valence-electron chi connectivity index (χ2n) is 6.70. The highest BCUT2D eigenvalue weighted by Crippen LogP contribution is 2.57. The minimum absolute atomic E-state index is 0.0897. The highest BCUT2D eigenvalue weighted by Gasteiger charge is 2.64. The molecule has 0 amide bonds. The number of carbonyl (C=O) groups is 2. The average Bonchev–Trinajstić information content (AvgIpc) is 3.09. The van der Waals surface area contributed by atoms with Crippen molar-refractivity contribution in [2.75, 3.05) is 37.7 Å². The summed E-state index contributed by atoms with van der Waals surface area (Å²) >= 11 is 2.00. The maximum atomic E-state index is 12.4. The van der Waals surface area contributed by atoms with Gasteiger partial charge in [-0.1, -0.05) is 0 Å². The van der Waals surface area contributed by atoms with Crippen molar-refractivity contribution >= 4 is 23.7 Å². The largest absolute Gasteiger partial charge is 0.462 e. The van der Waals surface area contributed by atoms with E-state index in [2.05, 4.69) is 0 Å². The summed E-state index contributed by atoms with van der Waals surface area (Å²) in [4.78, 5) is 25.8. The second kappa shape index (κ2) is 5.47. The van der Waals surface area contributed by atoms with Crippen molar-refractivity contribution in [1.82, 2.24) is 0 Å². The number of ether oxygens (including phenoxy) is 2. The van der Waals surface area contributed by atoms with E-state index in [0.29, 0.717) is 12.5 Å². The lowest BCUT2D eigenvalue weighted by Gasteiger charge is -2.25. The van der Waals surface area contributed by atoms with E-state index in [1.807, 2.05) is 11.8 Å². The molecule has 1 N–H and O–H groups in total. The molecule has 2 aliphatic carbocycles. The highest BCUT2D eigenvalue weighted by atomic mass is 32.2. The Hall–Kier alpha value is -0.750. The Morgan fingerprint density at radius 3 is 2.95 bits per heavy atom. The Balaban J connectivity index is 1.30. The van der Waals surface area contributed by atoms with Gasteiger partial charge in [0.25, 0.3) is 0 Å². The number of rotatable bonds is 4. The molecule has 0 aromatic heterocycles. The van der Waals surface area contributed by atoms with E-state index in [9.17, 15) is 9.59 Å². The molecular weight excluding hydrogens is 290 g/mol. The number of thioether (sulfide) groups is 1. The van der Waals surface area contributed by atoms with Crippen LogP contribution in [-0.2, 0) is 19.1 Å². The van der Waals surface area contributed by atoms with Crippen LogP contribution in [0.5, 0.6) is 0 Å². The van der Waals surface area contributed by atoms with Crippen LogP contribution < -0.4 is 4.90 Å². The summed E-state index contributed by atoms with van der Waals surface area (Å²) in [6.45, 7) is 3.70. The molecule has 0 aromatic carbocycles. The maximum Gasteiger partial charge on any atom is 0.310 e. The fourth-order valence-corrected chi connectivity index (χ4v) is 5.70. The van der Waals surface area contributed by atoms with Gasteiger partial charge in [-0.3, -0.25) is 9.59 Å². The predicted octanol–water partition coefficient (Wildman–Crippen LogP) is -0.641. The maximum absolute atomic E-state index is 12.4. The molecule has 0 aromatic rings. The lowest BCUT2D eigenvalue weighted by atomic mass is 9.80. The van der Waals surface area contributed by atoms with Crippen LogP contribution in [0.2, 0.25) is 0 Å². The summed E-state index contributed by atoms with van der Waals surface area (Å²) in [5.41, 5.74) is 0. The zero-order valence-corrected chi connectivity index (χ0v) is 12.9. The standard InChI is InChI=1S/C15H21NO4S/c17-14(19-4-1-16-2-5-21-6-3-16)12-9-7-10-11(8-9)20-15(18)13(10)12/h9-13H,1-8H2/p+1. The van der Waals surface area contributed by atoms with E-state index < -0.39 is 0 Å². The summed E-state index contributed by atoms with van der Waals surface area (Å²) in [5, 5.41) is 0. The van der Waals surface area contributed by atoms with Gasteiger partial charge < -0.3 is 14.4 Å². The average molecular weight is 312 g/mol. The van der Waals surface area contributed by atoms with Crippen LogP contribution in [0.1, 0.15) is 12.8 Å². The van der Waals surface area contributed by atoms with E-state index >= 15 is 0 Å². The van der Waals surface area contributed by atoms with Crippen molar-refractivity contribution in [3.05, 3.63) is 0 Å². The first-order chi connectivity index (χ1) is 10.2. The molecule has 21 heavy (non-hydrogen) atoms. The molecule has 5 atom stereocenters. The van der Waals surface area contributed by atoms with E-state index in [0.717, 1.165) is 32.5 Å². The first kappa shape index (κ1) is 13.9. The molecule has 4 aliphatic rings. The first-order valence-corrected chi connectivity index (χ1v) is 9.18. The summed E-state index contributed by atoms with van der Waals surface area (Å²) in [5.74, 6) is 2.23. The van der Waals surface area contributed by atoms with Crippen molar-refractivity contribution in [1.29, 1.82) is 0 Å². The molecule has 4 fully saturated rings. The molecule has 0 spiro atoms. The Bertz CT molecular complexity index is 449. The fraction of sp³-hybridized carbons (Fsp3) is 0.867. The van der Waals surface area contributed by atoms with Crippen LogP contribution in [0, 0.1) is 23.7 Å². The monoisotopic (exact) mass is 312 g/mol. The number of fused-ring (bicyclic) bond motifs is 1. The van der Waals surface area contributed by atoms with Gasteiger partial charge in [0.15, 0.2) is 0 Å². The van der Waals surface area contributed by atoms with Gasteiger partial charge >= 0.3 is 11.9 Å². The lowest BCUT2D eigenvalue weighted by molar-refractivity contribution is -0.896. The van der Waals surface area contributed by atoms with Crippen molar-refractivity contribution in [3.8, 4) is 0 Å². The van der Waals surface area contributed by atoms with Gasteiger partial charge in [0.05, 0.1) is 24.9 Å². The van der Waals surface area contributed by atoms with Crippen LogP contribution in [0.15, 0.2) is 0 Å². The lowest BCUT2D eigenvalue weighted by Crippen LogP contribution is -3.14. The normalized spacial score (nSPS) is 41.3. The van der Waals surface area contributed by atoms with Gasteiger partial charge in [-0.05, 0) is 18.8 Å². The SMILES string of the molecule is O=C(OCC[NH+]1CCSCC1)C1C2CC3OC(=O)C1C3C2. The van der Waals surface area contributed by atoms with E-state index in [1.54, 1.807) is 0 Å². The molecule has 2 saturated heterocycles. The molecule has 5 unspecified atom stereocenters. The van der Waals surface area contributed by atoms with Gasteiger partial charge in [-0.2, -0.15) is 11.8 Å². The summed E-state index contributed by atoms with van der Waals surface area (Å²) in [6.07, 6.45) is 1.92. The van der Waals surface area contributed by atoms with Crippen LogP contribution in [0.25, 0.3) is 0 Å². The molecule has 2 heterocycles. The van der Waals surface area contributed by atoms with Crippen molar-refractivity contribution < 1.29 is 24.0 Å². The Kier molecular flexibility index (Phi) is 3.61. The second-order valence-corrected chi connectivity index (χ2v) is 7.93. The molecule has 2 saturated carbocycles. The van der Waals surface area contributed by atoms with Gasteiger partial charge in [0, 0.05) is 17.4 Å². The number of hydrogen-bond acceptors (Lipinski definition) is 5. The zero-order chi connectivity index (χ0) is 14.4. The number of hydrogen-bond donors (Lipinski definition) is 1. The molecule has 6 heteroatoms. The van der Waals surface area contributed by atoms with Gasteiger partial charge in [0.1, 0.15) is 19.3 Å². The third-order valence-electron chi connectivity index (χ3n) is 5.66. The van der Waals surface area contributed by atoms with Gasteiger partial charge in [0.2, 0.25) is 0 Å². The highest BCUT2D eigenvalue weighted by molar-refractivity contribution is 7.99. The van der Waals surface area contributed by atoms with E-state index in [1.165, 1.54) is 16.4 Å². The van der Waals surface area contributed by atoms with Crippen molar-refractivity contribution in [2.24, 2.45) is 23.7 Å². The molecule has 116 valence electrons. The number of esters is 2. The smallest absolute Gasteiger partial charge is 0.310 e. The van der Waals surface area contributed by atoms with Crippen LogP contribution >= 0.6 is 11.8 Å². The predicted molar refractivity (Wildman–Crippen MR) is 76.9 cm³/mol. The summed E-state index contributed by atoms with van der Waals surface area (Å²) in [7, 11) is 0. The topological polar surface area (TPSA) is 57.0 Å². The minimum Gasteiger partial charge on any atom is -0.462 e. The molecule has 0 radical (unpaired) electrons. The minimum atomic E-state index is -0.229. The third-order valence-corrected chi connectivity index (χ3v) is 6.64. The van der Waals surface area contributed by atoms with Crippen molar-refractivity contribution in [2.45, 2.75) is 18.9 Å². The Labute approximate surface area is 128 Å². The molecule has 2 bridgehead atoms. The van der Waals surface area contributed by atoms with Crippen LogP contribution in [-0.4, -0.2) is 55.8 Å². The zero-order valence-electron chi connectivity index (χ0n) is 12.1. The molecule has 5 nitrogen and oxygen atoms in total. The van der Waals surface area contributed by atoms with Crippen molar-refractivity contribution in [3.63, 3.8) is 0 Å². The third kappa shape index (κ3) is 2.36. The quantitative estimate of drug-likeness (QED) is 0.700. The van der Waals surface area contributed by atoms with E-state index in [-0.39, 0.29) is 35.8 Å². The first-order valence-electron chi connectivity index (χ1n) is 8.02. The fourth-order valence-electron chi connectivity index (χ4n) is 4.63. The Morgan fingerprint density at radius 2 is 2.14 bits per heavy atom. The molecule has 4 rings (SSSR count). The number of carbonyl (C=O) groups excluding carboxylic acids is 2. The van der Waals surface area contributed by atoms with Crippen LogP contribution in [0.3, 0.4) is 0 Å². The number of nitrogens with one attached hydrogen (secondary N) is 1. The van der Waals surface area contributed by atoms with Gasteiger partial charge in [-0.25, -0.2) is 0 Å². The van der Waals surface area contributed by atoms with E-state index in [4.69, 9.17) is 9.47 Å². The summed E-state index contributed by atoms with van der Waals surface area (Å²) in [6, 6.07) is 0. The Morgan fingerprint density at radius 1 is 1.33 bits per heavy atom. The number of quaternary nitrogens is 1.